The SMILES string of the molecule is CC(Oc1ccc(O)cc1)C(=O)N1CCN(C(=O)c2ccc(F)cc2F)CC1. The van der Waals surface area contributed by atoms with Gasteiger partial charge in [0, 0.05) is 32.2 Å². The van der Waals surface area contributed by atoms with Gasteiger partial charge in [0.05, 0.1) is 5.56 Å². The molecule has 2 amide bonds. The number of halogens is 2. The predicted molar refractivity (Wildman–Crippen MR) is 97.0 cm³/mol. The monoisotopic (exact) mass is 390 g/mol. The Balaban J connectivity index is 1.56. The van der Waals surface area contributed by atoms with E-state index in [9.17, 15) is 23.5 Å². The van der Waals surface area contributed by atoms with Gasteiger partial charge in [0.1, 0.15) is 23.1 Å². The molecule has 1 atom stereocenters. The van der Waals surface area contributed by atoms with Gasteiger partial charge in [-0.25, -0.2) is 8.78 Å². The van der Waals surface area contributed by atoms with Crippen LogP contribution in [-0.2, 0) is 4.79 Å². The highest BCUT2D eigenvalue weighted by molar-refractivity contribution is 5.94. The zero-order valence-electron chi connectivity index (χ0n) is 15.3. The molecule has 1 unspecified atom stereocenters. The molecule has 0 spiro atoms. The van der Waals surface area contributed by atoms with Gasteiger partial charge in [0.15, 0.2) is 6.10 Å². The second-order valence-corrected chi connectivity index (χ2v) is 6.50. The first-order chi connectivity index (χ1) is 13.3. The van der Waals surface area contributed by atoms with E-state index >= 15 is 0 Å². The van der Waals surface area contributed by atoms with Crippen molar-refractivity contribution in [2.45, 2.75) is 13.0 Å². The number of piperazine rings is 1. The number of aromatic hydroxyl groups is 1. The summed E-state index contributed by atoms with van der Waals surface area (Å²) in [6, 6.07) is 8.89. The van der Waals surface area contributed by atoms with Crippen molar-refractivity contribution in [2.24, 2.45) is 0 Å². The number of ether oxygens (including phenoxy) is 1. The number of carbonyl (C=O) groups excluding carboxylic acids is 2. The molecule has 2 aromatic rings. The van der Waals surface area contributed by atoms with Gasteiger partial charge in [-0.15, -0.1) is 0 Å². The second-order valence-electron chi connectivity index (χ2n) is 6.50. The van der Waals surface area contributed by atoms with Crippen LogP contribution >= 0.6 is 0 Å². The quantitative estimate of drug-likeness (QED) is 0.871. The minimum atomic E-state index is -0.903. The molecule has 1 heterocycles. The third-order valence-electron chi connectivity index (χ3n) is 4.54. The first-order valence-electron chi connectivity index (χ1n) is 8.84. The van der Waals surface area contributed by atoms with Gasteiger partial charge in [-0.2, -0.15) is 0 Å². The maximum atomic E-state index is 13.8. The normalized spacial score (nSPS) is 15.2. The van der Waals surface area contributed by atoms with E-state index in [1.807, 2.05) is 0 Å². The van der Waals surface area contributed by atoms with Crippen LogP contribution < -0.4 is 4.74 Å². The third kappa shape index (κ3) is 4.39. The average Bonchev–Trinajstić information content (AvgIpc) is 2.69. The van der Waals surface area contributed by atoms with E-state index in [2.05, 4.69) is 0 Å². The smallest absolute Gasteiger partial charge is 0.263 e. The largest absolute Gasteiger partial charge is 0.508 e. The Morgan fingerprint density at radius 1 is 1.00 bits per heavy atom. The summed E-state index contributed by atoms with van der Waals surface area (Å²) < 4.78 is 32.4. The van der Waals surface area contributed by atoms with E-state index in [1.165, 1.54) is 17.0 Å². The Hall–Kier alpha value is -3.16. The summed E-state index contributed by atoms with van der Waals surface area (Å²) in [6.45, 7) is 2.69. The lowest BCUT2D eigenvalue weighted by atomic mass is 10.1. The number of rotatable bonds is 4. The Labute approximate surface area is 160 Å². The summed E-state index contributed by atoms with van der Waals surface area (Å²) in [4.78, 5) is 28.0. The highest BCUT2D eigenvalue weighted by Crippen LogP contribution is 2.19. The number of phenols is 1. The molecular weight excluding hydrogens is 370 g/mol. The molecule has 28 heavy (non-hydrogen) atoms. The minimum Gasteiger partial charge on any atom is -0.508 e. The third-order valence-corrected chi connectivity index (χ3v) is 4.54. The zero-order chi connectivity index (χ0) is 20.3. The van der Waals surface area contributed by atoms with Crippen LogP contribution in [0.1, 0.15) is 17.3 Å². The molecule has 148 valence electrons. The Bertz CT molecular complexity index is 865. The topological polar surface area (TPSA) is 70.1 Å². The molecule has 1 aliphatic rings. The Morgan fingerprint density at radius 2 is 1.61 bits per heavy atom. The zero-order valence-corrected chi connectivity index (χ0v) is 15.3. The summed E-state index contributed by atoms with van der Waals surface area (Å²) in [6.07, 6.45) is -0.735. The molecule has 6 nitrogen and oxygen atoms in total. The van der Waals surface area contributed by atoms with Gasteiger partial charge in [-0.1, -0.05) is 0 Å². The van der Waals surface area contributed by atoms with Crippen LogP contribution in [0.3, 0.4) is 0 Å². The van der Waals surface area contributed by atoms with Crippen LogP contribution in [0.2, 0.25) is 0 Å². The van der Waals surface area contributed by atoms with Crippen LogP contribution in [0.15, 0.2) is 42.5 Å². The van der Waals surface area contributed by atoms with Gasteiger partial charge in [-0.05, 0) is 43.3 Å². The molecule has 1 N–H and O–H groups in total. The minimum absolute atomic E-state index is 0.102. The van der Waals surface area contributed by atoms with Gasteiger partial charge >= 0.3 is 0 Å². The number of hydrogen-bond donors (Lipinski definition) is 1. The van der Waals surface area contributed by atoms with Crippen LogP contribution in [0.5, 0.6) is 11.5 Å². The molecule has 0 aromatic heterocycles. The summed E-state index contributed by atoms with van der Waals surface area (Å²) in [5, 5.41) is 9.28. The molecule has 0 aliphatic carbocycles. The van der Waals surface area contributed by atoms with E-state index in [-0.39, 0.29) is 43.4 Å². The van der Waals surface area contributed by atoms with Crippen molar-refractivity contribution >= 4 is 11.8 Å². The summed E-state index contributed by atoms with van der Waals surface area (Å²) in [5.74, 6) is -1.85. The molecule has 3 rings (SSSR count). The summed E-state index contributed by atoms with van der Waals surface area (Å²) in [7, 11) is 0. The van der Waals surface area contributed by atoms with Crippen LogP contribution in [0.4, 0.5) is 8.78 Å². The standard InChI is InChI=1S/C20H20F2N2O4/c1-13(28-16-5-3-15(25)4-6-16)19(26)23-8-10-24(11-9-23)20(27)17-7-2-14(21)12-18(17)22/h2-7,12-13,25H,8-11H2,1H3. The average molecular weight is 390 g/mol. The maximum absolute atomic E-state index is 13.8. The van der Waals surface area contributed by atoms with E-state index in [4.69, 9.17) is 4.74 Å². The lowest BCUT2D eigenvalue weighted by molar-refractivity contribution is -0.139. The van der Waals surface area contributed by atoms with Crippen molar-refractivity contribution in [1.82, 2.24) is 9.80 Å². The lowest BCUT2D eigenvalue weighted by Crippen LogP contribution is -2.53. The van der Waals surface area contributed by atoms with Crippen molar-refractivity contribution in [3.05, 3.63) is 59.7 Å². The van der Waals surface area contributed by atoms with Crippen LogP contribution in [0, 0.1) is 11.6 Å². The highest BCUT2D eigenvalue weighted by Gasteiger charge is 2.29. The molecule has 1 fully saturated rings. The number of nitrogens with zero attached hydrogens (tertiary/aromatic N) is 2. The number of hydrogen-bond acceptors (Lipinski definition) is 4. The fourth-order valence-corrected chi connectivity index (χ4v) is 3.00. The van der Waals surface area contributed by atoms with Crippen molar-refractivity contribution < 1.29 is 28.2 Å². The molecule has 0 radical (unpaired) electrons. The molecule has 1 aliphatic heterocycles. The lowest BCUT2D eigenvalue weighted by Gasteiger charge is -2.36. The number of benzene rings is 2. The Kier molecular flexibility index (Phi) is 5.77. The summed E-state index contributed by atoms with van der Waals surface area (Å²) in [5.41, 5.74) is -0.190. The van der Waals surface area contributed by atoms with Gasteiger partial charge in [0.2, 0.25) is 0 Å². The van der Waals surface area contributed by atoms with E-state index < -0.39 is 23.6 Å². The van der Waals surface area contributed by atoms with Crippen molar-refractivity contribution in [3.8, 4) is 11.5 Å². The van der Waals surface area contributed by atoms with Gasteiger partial charge in [-0.3, -0.25) is 9.59 Å². The van der Waals surface area contributed by atoms with Gasteiger partial charge < -0.3 is 19.6 Å². The molecule has 1 saturated heterocycles. The number of carbonyl (C=O) groups is 2. The van der Waals surface area contributed by atoms with Crippen LogP contribution in [-0.4, -0.2) is 59.0 Å². The number of amides is 2. The van der Waals surface area contributed by atoms with Crippen molar-refractivity contribution in [3.63, 3.8) is 0 Å². The Morgan fingerprint density at radius 3 is 2.21 bits per heavy atom. The number of phenolic OH excluding ortho intramolecular Hbond substituents is 1. The van der Waals surface area contributed by atoms with Crippen LogP contribution in [0.25, 0.3) is 0 Å². The van der Waals surface area contributed by atoms with Crippen molar-refractivity contribution in [2.75, 3.05) is 26.2 Å². The summed E-state index contributed by atoms with van der Waals surface area (Å²) >= 11 is 0. The first-order valence-corrected chi connectivity index (χ1v) is 8.84. The maximum Gasteiger partial charge on any atom is 0.263 e. The molecule has 8 heteroatoms. The van der Waals surface area contributed by atoms with E-state index in [1.54, 1.807) is 24.0 Å². The van der Waals surface area contributed by atoms with Crippen molar-refractivity contribution in [1.29, 1.82) is 0 Å². The molecular formula is C20H20F2N2O4. The fourth-order valence-electron chi connectivity index (χ4n) is 3.00. The molecule has 0 bridgehead atoms. The van der Waals surface area contributed by atoms with Gasteiger partial charge in [0.25, 0.3) is 11.8 Å². The fraction of sp³-hybridized carbons (Fsp3) is 0.300. The molecule has 0 saturated carbocycles. The second kappa shape index (κ2) is 8.24. The van der Waals surface area contributed by atoms with E-state index in [0.29, 0.717) is 11.8 Å². The van der Waals surface area contributed by atoms with E-state index in [0.717, 1.165) is 12.1 Å². The molecule has 2 aromatic carbocycles. The highest BCUT2D eigenvalue weighted by atomic mass is 19.1. The first kappa shape index (κ1) is 19.6. The predicted octanol–water partition coefficient (Wildman–Crippen LogP) is 2.42.